The van der Waals surface area contributed by atoms with Crippen molar-refractivity contribution in [2.45, 2.75) is 13.5 Å². The van der Waals surface area contributed by atoms with E-state index in [4.69, 9.17) is 4.74 Å². The van der Waals surface area contributed by atoms with E-state index in [1.54, 1.807) is 0 Å². The molecule has 0 saturated carbocycles. The molecule has 0 amide bonds. The molecule has 1 heterocycles. The zero-order valence-corrected chi connectivity index (χ0v) is 16.8. The minimum absolute atomic E-state index is 0.568. The van der Waals surface area contributed by atoms with Gasteiger partial charge in [0.2, 0.25) is 0 Å². The minimum Gasteiger partial charge on any atom is -0.489 e. The van der Waals surface area contributed by atoms with Gasteiger partial charge in [0, 0.05) is 0 Å². The topological polar surface area (TPSA) is 37.9 Å². The summed E-state index contributed by atoms with van der Waals surface area (Å²) in [6.07, 6.45) is 0. The first-order valence-corrected chi connectivity index (χ1v) is 10.1. The van der Waals surface area contributed by atoms with E-state index in [1.807, 2.05) is 37.3 Å². The number of benzene rings is 4. The van der Waals surface area contributed by atoms with Crippen LogP contribution in [0.15, 0.2) is 97.1 Å². The number of aromatic amines is 1. The van der Waals surface area contributed by atoms with Gasteiger partial charge >= 0.3 is 0 Å². The van der Waals surface area contributed by atoms with E-state index in [1.165, 1.54) is 16.7 Å². The second-order valence-corrected chi connectivity index (χ2v) is 7.43. The average molecular weight is 390 g/mol. The van der Waals surface area contributed by atoms with Crippen molar-refractivity contribution in [2.75, 3.05) is 0 Å². The Morgan fingerprint density at radius 3 is 2.17 bits per heavy atom. The lowest BCUT2D eigenvalue weighted by molar-refractivity contribution is 0.306. The van der Waals surface area contributed by atoms with Crippen LogP contribution in [0.2, 0.25) is 0 Å². The standard InChI is InChI=1S/C27H22N2O/c1-19-28-26-15-14-24(17-27(26)29-19)22-12-10-21(11-13-22)23-8-5-9-25(16-23)30-18-20-6-3-2-4-7-20/h2-17H,18H2,1H3,(H,28,29). The Morgan fingerprint density at radius 1 is 0.700 bits per heavy atom. The molecule has 5 aromatic rings. The van der Waals surface area contributed by atoms with E-state index in [2.05, 4.69) is 76.7 Å². The first-order valence-electron chi connectivity index (χ1n) is 10.1. The van der Waals surface area contributed by atoms with Gasteiger partial charge in [0.1, 0.15) is 18.2 Å². The van der Waals surface area contributed by atoms with Crippen LogP contribution in [0.1, 0.15) is 11.4 Å². The van der Waals surface area contributed by atoms with Crippen molar-refractivity contribution < 1.29 is 4.74 Å². The molecule has 0 bridgehead atoms. The quantitative estimate of drug-likeness (QED) is 0.359. The molecule has 3 nitrogen and oxygen atoms in total. The van der Waals surface area contributed by atoms with Crippen LogP contribution in [0.25, 0.3) is 33.3 Å². The van der Waals surface area contributed by atoms with Gasteiger partial charge in [-0.1, -0.05) is 72.8 Å². The zero-order chi connectivity index (χ0) is 20.3. The Hall–Kier alpha value is -3.85. The summed E-state index contributed by atoms with van der Waals surface area (Å²) in [7, 11) is 0. The summed E-state index contributed by atoms with van der Waals surface area (Å²) in [5, 5.41) is 0. The summed E-state index contributed by atoms with van der Waals surface area (Å²) >= 11 is 0. The van der Waals surface area contributed by atoms with Crippen LogP contribution in [0, 0.1) is 6.92 Å². The molecule has 146 valence electrons. The van der Waals surface area contributed by atoms with Crippen LogP contribution in [-0.4, -0.2) is 9.97 Å². The van der Waals surface area contributed by atoms with Crippen LogP contribution < -0.4 is 4.74 Å². The van der Waals surface area contributed by atoms with E-state index < -0.39 is 0 Å². The molecule has 0 aliphatic carbocycles. The van der Waals surface area contributed by atoms with Gasteiger partial charge in [0.25, 0.3) is 0 Å². The van der Waals surface area contributed by atoms with Crippen molar-refractivity contribution in [1.82, 2.24) is 9.97 Å². The van der Waals surface area contributed by atoms with Gasteiger partial charge in [-0.05, 0) is 59.0 Å². The normalized spacial score (nSPS) is 11.0. The fourth-order valence-corrected chi connectivity index (χ4v) is 3.68. The zero-order valence-electron chi connectivity index (χ0n) is 16.8. The summed E-state index contributed by atoms with van der Waals surface area (Å²) in [6.45, 7) is 2.55. The van der Waals surface area contributed by atoms with Crippen molar-refractivity contribution >= 4 is 11.0 Å². The fraction of sp³-hybridized carbons (Fsp3) is 0.0741. The molecule has 0 spiro atoms. The number of aryl methyl sites for hydroxylation is 1. The lowest BCUT2D eigenvalue weighted by atomic mass is 10.00. The fourth-order valence-electron chi connectivity index (χ4n) is 3.68. The van der Waals surface area contributed by atoms with Gasteiger partial charge in [0.05, 0.1) is 11.0 Å². The highest BCUT2D eigenvalue weighted by atomic mass is 16.5. The molecule has 0 radical (unpaired) electrons. The number of nitrogens with one attached hydrogen (secondary N) is 1. The van der Waals surface area contributed by atoms with Crippen molar-refractivity contribution in [2.24, 2.45) is 0 Å². The maximum absolute atomic E-state index is 5.98. The number of hydrogen-bond acceptors (Lipinski definition) is 2. The first-order chi connectivity index (χ1) is 14.7. The molecule has 4 aromatic carbocycles. The van der Waals surface area contributed by atoms with Crippen LogP contribution in [0.5, 0.6) is 5.75 Å². The predicted octanol–water partition coefficient (Wildman–Crippen LogP) is 6.78. The number of fused-ring (bicyclic) bond motifs is 1. The molecule has 1 N–H and O–H groups in total. The second-order valence-electron chi connectivity index (χ2n) is 7.43. The molecule has 1 aromatic heterocycles. The Morgan fingerprint density at radius 2 is 1.40 bits per heavy atom. The Kier molecular flexibility index (Phi) is 4.78. The van der Waals surface area contributed by atoms with Gasteiger partial charge in [-0.15, -0.1) is 0 Å². The van der Waals surface area contributed by atoms with Gasteiger partial charge in [-0.2, -0.15) is 0 Å². The van der Waals surface area contributed by atoms with Crippen molar-refractivity contribution in [1.29, 1.82) is 0 Å². The average Bonchev–Trinajstić information content (AvgIpc) is 3.18. The summed E-state index contributed by atoms with van der Waals surface area (Å²) in [4.78, 5) is 7.79. The Bertz CT molecular complexity index is 1290. The number of H-pyrrole nitrogens is 1. The van der Waals surface area contributed by atoms with Gasteiger partial charge in [-0.3, -0.25) is 0 Å². The molecule has 5 rings (SSSR count). The third-order valence-corrected chi connectivity index (χ3v) is 5.23. The van der Waals surface area contributed by atoms with Crippen LogP contribution in [0.4, 0.5) is 0 Å². The molecule has 30 heavy (non-hydrogen) atoms. The summed E-state index contributed by atoms with van der Waals surface area (Å²) in [6, 6.07) is 33.5. The van der Waals surface area contributed by atoms with E-state index in [-0.39, 0.29) is 0 Å². The summed E-state index contributed by atoms with van der Waals surface area (Å²) in [5.41, 5.74) is 7.91. The van der Waals surface area contributed by atoms with Crippen molar-refractivity contribution in [3.05, 3.63) is 108 Å². The van der Waals surface area contributed by atoms with Gasteiger partial charge in [0.15, 0.2) is 0 Å². The number of imidazole rings is 1. The van der Waals surface area contributed by atoms with Gasteiger partial charge in [-0.25, -0.2) is 4.98 Å². The molecular weight excluding hydrogens is 368 g/mol. The molecule has 0 aliphatic heterocycles. The largest absolute Gasteiger partial charge is 0.489 e. The molecular formula is C27H22N2O. The number of ether oxygens (including phenoxy) is 1. The van der Waals surface area contributed by atoms with Gasteiger partial charge < -0.3 is 9.72 Å². The number of nitrogens with zero attached hydrogens (tertiary/aromatic N) is 1. The number of hydrogen-bond donors (Lipinski definition) is 1. The van der Waals surface area contributed by atoms with E-state index in [0.29, 0.717) is 6.61 Å². The molecule has 0 atom stereocenters. The maximum Gasteiger partial charge on any atom is 0.120 e. The van der Waals surface area contributed by atoms with Crippen LogP contribution in [0.3, 0.4) is 0 Å². The molecule has 0 fully saturated rings. The lowest BCUT2D eigenvalue weighted by Crippen LogP contribution is -1.95. The third kappa shape index (κ3) is 3.83. The highest BCUT2D eigenvalue weighted by Gasteiger charge is 2.05. The van der Waals surface area contributed by atoms with Crippen molar-refractivity contribution in [3.63, 3.8) is 0 Å². The number of rotatable bonds is 5. The molecule has 0 unspecified atom stereocenters. The Balaban J connectivity index is 1.35. The van der Waals surface area contributed by atoms with E-state index in [9.17, 15) is 0 Å². The summed E-state index contributed by atoms with van der Waals surface area (Å²) < 4.78 is 5.98. The molecule has 0 aliphatic rings. The van der Waals surface area contributed by atoms with Crippen LogP contribution >= 0.6 is 0 Å². The maximum atomic E-state index is 5.98. The highest BCUT2D eigenvalue weighted by molar-refractivity contribution is 5.82. The predicted molar refractivity (Wildman–Crippen MR) is 122 cm³/mol. The highest BCUT2D eigenvalue weighted by Crippen LogP contribution is 2.28. The smallest absolute Gasteiger partial charge is 0.120 e. The SMILES string of the molecule is Cc1nc2ccc(-c3ccc(-c4cccc(OCc5ccccc5)c4)cc3)cc2[nH]1. The lowest BCUT2D eigenvalue weighted by Gasteiger charge is -2.09. The minimum atomic E-state index is 0.568. The van der Waals surface area contributed by atoms with E-state index in [0.717, 1.165) is 33.7 Å². The molecule has 3 heteroatoms. The monoisotopic (exact) mass is 390 g/mol. The van der Waals surface area contributed by atoms with Crippen LogP contribution in [-0.2, 0) is 6.61 Å². The first kappa shape index (κ1) is 18.2. The number of aromatic nitrogens is 2. The second kappa shape index (κ2) is 7.88. The van der Waals surface area contributed by atoms with Crippen molar-refractivity contribution in [3.8, 4) is 28.0 Å². The third-order valence-electron chi connectivity index (χ3n) is 5.23. The molecule has 0 saturated heterocycles. The Labute approximate surface area is 176 Å². The summed E-state index contributed by atoms with van der Waals surface area (Å²) in [5.74, 6) is 1.81. The van der Waals surface area contributed by atoms with E-state index >= 15 is 0 Å².